The molecule has 2 amide bonds. The average Bonchev–Trinajstić information content (AvgIpc) is 2.62. The van der Waals surface area contributed by atoms with Crippen LogP contribution in [0, 0.1) is 6.92 Å². The van der Waals surface area contributed by atoms with Crippen molar-refractivity contribution in [1.82, 2.24) is 10.2 Å². The molecule has 0 saturated heterocycles. The first-order chi connectivity index (χ1) is 12.4. The maximum atomic E-state index is 11.9. The maximum Gasteiger partial charge on any atom is 0.258 e. The number of rotatable bonds is 8. The molecular weight excluding hydrogens is 352 g/mol. The van der Waals surface area contributed by atoms with Gasteiger partial charge in [0, 0.05) is 31.6 Å². The quantitative estimate of drug-likeness (QED) is 0.772. The Morgan fingerprint density at radius 3 is 2.35 bits per heavy atom. The average molecular weight is 375 g/mol. The van der Waals surface area contributed by atoms with Crippen molar-refractivity contribution in [2.24, 2.45) is 0 Å². The molecule has 2 aromatic rings. The molecule has 138 valence electrons. The topological polar surface area (TPSA) is 58.6 Å². The largest absolute Gasteiger partial charge is 0.484 e. The molecule has 0 bridgehead atoms. The zero-order chi connectivity index (χ0) is 18.9. The molecule has 0 aliphatic carbocycles. The zero-order valence-corrected chi connectivity index (χ0v) is 15.8. The Bertz CT molecular complexity index is 730. The van der Waals surface area contributed by atoms with Crippen molar-refractivity contribution in [2.75, 3.05) is 19.7 Å². The third kappa shape index (κ3) is 6.76. The van der Waals surface area contributed by atoms with Crippen LogP contribution < -0.4 is 10.1 Å². The van der Waals surface area contributed by atoms with Crippen molar-refractivity contribution >= 4 is 23.4 Å². The van der Waals surface area contributed by atoms with Gasteiger partial charge in [-0.05, 0) is 36.8 Å². The molecule has 0 saturated carbocycles. The lowest BCUT2D eigenvalue weighted by atomic mass is 10.2. The number of amides is 2. The number of nitrogens with one attached hydrogen (secondary N) is 1. The number of carbonyl (C=O) groups excluding carboxylic acids is 2. The van der Waals surface area contributed by atoms with Crippen LogP contribution in [-0.4, -0.2) is 36.4 Å². The molecular formula is C20H23ClN2O3. The summed E-state index contributed by atoms with van der Waals surface area (Å²) in [5.41, 5.74) is 2.12. The Labute approximate surface area is 158 Å². The lowest BCUT2D eigenvalue weighted by Gasteiger charge is -2.21. The first-order valence-corrected chi connectivity index (χ1v) is 8.78. The van der Waals surface area contributed by atoms with Gasteiger partial charge < -0.3 is 15.0 Å². The molecule has 6 heteroatoms. The summed E-state index contributed by atoms with van der Waals surface area (Å²) >= 11 is 5.87. The molecule has 5 nitrogen and oxygen atoms in total. The summed E-state index contributed by atoms with van der Waals surface area (Å²) in [4.78, 5) is 25.3. The fraction of sp³-hybridized carbons (Fsp3) is 0.300. The van der Waals surface area contributed by atoms with Crippen LogP contribution >= 0.6 is 11.6 Å². The highest BCUT2D eigenvalue weighted by molar-refractivity contribution is 6.30. The Morgan fingerprint density at radius 1 is 1.08 bits per heavy atom. The third-order valence-corrected chi connectivity index (χ3v) is 4.08. The second kappa shape index (κ2) is 9.82. The van der Waals surface area contributed by atoms with Crippen LogP contribution in [0.3, 0.4) is 0 Å². The van der Waals surface area contributed by atoms with Gasteiger partial charge in [-0.3, -0.25) is 9.59 Å². The van der Waals surface area contributed by atoms with Gasteiger partial charge in [0.05, 0.1) is 0 Å². The number of hydrogen-bond acceptors (Lipinski definition) is 3. The van der Waals surface area contributed by atoms with Crippen molar-refractivity contribution < 1.29 is 14.3 Å². The van der Waals surface area contributed by atoms with Gasteiger partial charge in [0.2, 0.25) is 5.91 Å². The fourth-order valence-electron chi connectivity index (χ4n) is 2.32. The normalized spacial score (nSPS) is 10.3. The van der Waals surface area contributed by atoms with Crippen molar-refractivity contribution in [3.63, 3.8) is 0 Å². The lowest BCUT2D eigenvalue weighted by Crippen LogP contribution is -2.38. The monoisotopic (exact) mass is 374 g/mol. The molecule has 2 rings (SSSR count). The van der Waals surface area contributed by atoms with E-state index in [9.17, 15) is 9.59 Å². The van der Waals surface area contributed by atoms with Crippen LogP contribution in [-0.2, 0) is 16.1 Å². The van der Waals surface area contributed by atoms with Crippen LogP contribution in [0.15, 0.2) is 48.5 Å². The molecule has 0 aliphatic heterocycles. The smallest absolute Gasteiger partial charge is 0.258 e. The van der Waals surface area contributed by atoms with Gasteiger partial charge in [-0.1, -0.05) is 41.4 Å². The number of ether oxygens (including phenoxy) is 1. The molecule has 0 aliphatic rings. The predicted octanol–water partition coefficient (Wildman–Crippen LogP) is 3.19. The highest BCUT2D eigenvalue weighted by Crippen LogP contribution is 2.12. The van der Waals surface area contributed by atoms with Crippen LogP contribution in [0.1, 0.15) is 18.1 Å². The highest BCUT2D eigenvalue weighted by Gasteiger charge is 2.10. The number of halogens is 1. The summed E-state index contributed by atoms with van der Waals surface area (Å²) in [5.74, 6) is 0.379. The van der Waals surface area contributed by atoms with E-state index in [0.29, 0.717) is 30.4 Å². The molecule has 0 unspecified atom stereocenters. The molecule has 0 aromatic heterocycles. The van der Waals surface area contributed by atoms with Gasteiger partial charge >= 0.3 is 0 Å². The molecule has 1 N–H and O–H groups in total. The summed E-state index contributed by atoms with van der Waals surface area (Å²) in [5, 5.41) is 3.42. The van der Waals surface area contributed by atoms with E-state index < -0.39 is 0 Å². The van der Waals surface area contributed by atoms with Gasteiger partial charge in [-0.2, -0.15) is 0 Å². The van der Waals surface area contributed by atoms with E-state index in [2.05, 4.69) is 5.32 Å². The lowest BCUT2D eigenvalue weighted by molar-refractivity contribution is -0.130. The molecule has 0 fully saturated rings. The van der Waals surface area contributed by atoms with Crippen molar-refractivity contribution in [1.29, 1.82) is 0 Å². The number of carbonyl (C=O) groups is 2. The van der Waals surface area contributed by atoms with Crippen LogP contribution in [0.2, 0.25) is 5.02 Å². The van der Waals surface area contributed by atoms with E-state index in [0.717, 1.165) is 11.1 Å². The van der Waals surface area contributed by atoms with Gasteiger partial charge in [-0.25, -0.2) is 0 Å². The van der Waals surface area contributed by atoms with Gasteiger partial charge in [0.15, 0.2) is 6.61 Å². The zero-order valence-electron chi connectivity index (χ0n) is 15.0. The minimum Gasteiger partial charge on any atom is -0.484 e. The number of nitrogens with zero attached hydrogens (tertiary/aromatic N) is 1. The Kier molecular flexibility index (Phi) is 7.48. The fourth-order valence-corrected chi connectivity index (χ4v) is 2.45. The molecule has 0 atom stereocenters. The van der Waals surface area contributed by atoms with Crippen molar-refractivity contribution in [3.05, 3.63) is 64.7 Å². The Morgan fingerprint density at radius 2 is 1.73 bits per heavy atom. The van der Waals surface area contributed by atoms with E-state index in [1.54, 1.807) is 17.0 Å². The van der Waals surface area contributed by atoms with E-state index in [1.165, 1.54) is 6.92 Å². The van der Waals surface area contributed by atoms with Gasteiger partial charge in [0.25, 0.3) is 5.91 Å². The first-order valence-electron chi connectivity index (χ1n) is 8.40. The predicted molar refractivity (Wildman–Crippen MR) is 102 cm³/mol. The summed E-state index contributed by atoms with van der Waals surface area (Å²) < 4.78 is 5.43. The second-order valence-corrected chi connectivity index (χ2v) is 6.46. The first kappa shape index (κ1) is 19.8. The number of hydrogen-bond donors (Lipinski definition) is 1. The molecule has 0 heterocycles. The van der Waals surface area contributed by atoms with Crippen molar-refractivity contribution in [2.45, 2.75) is 20.4 Å². The van der Waals surface area contributed by atoms with E-state index >= 15 is 0 Å². The molecule has 26 heavy (non-hydrogen) atoms. The van der Waals surface area contributed by atoms with E-state index in [1.807, 2.05) is 43.3 Å². The minimum absolute atomic E-state index is 0.0508. The maximum absolute atomic E-state index is 11.9. The van der Waals surface area contributed by atoms with Crippen LogP contribution in [0.5, 0.6) is 5.75 Å². The highest BCUT2D eigenvalue weighted by atomic mass is 35.5. The summed E-state index contributed by atoms with van der Waals surface area (Å²) in [7, 11) is 0. The third-order valence-electron chi connectivity index (χ3n) is 3.83. The molecule has 2 aromatic carbocycles. The standard InChI is InChI=1S/C20H23ClN2O3/c1-15-3-9-19(10-4-15)26-14-20(25)22-11-12-23(16(2)24)13-17-5-7-18(21)8-6-17/h3-10H,11-14H2,1-2H3,(H,22,25). The van der Waals surface area contributed by atoms with Gasteiger partial charge in [-0.15, -0.1) is 0 Å². The van der Waals surface area contributed by atoms with E-state index in [4.69, 9.17) is 16.3 Å². The molecule has 0 spiro atoms. The van der Waals surface area contributed by atoms with E-state index in [-0.39, 0.29) is 18.4 Å². The van der Waals surface area contributed by atoms with Crippen LogP contribution in [0.4, 0.5) is 0 Å². The summed E-state index contributed by atoms with van der Waals surface area (Å²) in [6.07, 6.45) is 0. The SMILES string of the molecule is CC(=O)N(CCNC(=O)COc1ccc(C)cc1)Cc1ccc(Cl)cc1. The minimum atomic E-state index is -0.222. The molecule has 0 radical (unpaired) electrons. The Hall–Kier alpha value is -2.53. The summed E-state index contributed by atoms with van der Waals surface area (Å²) in [6.45, 7) is 4.71. The Balaban J connectivity index is 1.74. The van der Waals surface area contributed by atoms with Gasteiger partial charge in [0.1, 0.15) is 5.75 Å². The second-order valence-electron chi connectivity index (χ2n) is 6.02. The summed E-state index contributed by atoms with van der Waals surface area (Å²) in [6, 6.07) is 14.8. The van der Waals surface area contributed by atoms with Crippen molar-refractivity contribution in [3.8, 4) is 5.75 Å². The number of benzene rings is 2. The number of aryl methyl sites for hydroxylation is 1. The van der Waals surface area contributed by atoms with Crippen LogP contribution in [0.25, 0.3) is 0 Å².